The standard InChI is InChI=1S/C11H18N4/c1-9-6-13-8-11(14-9)15-5-3-4-10(15)7-12-2/h6,8,10,12H,3-5,7H2,1-2H3. The Hall–Kier alpha value is -1.16. The Balaban J connectivity index is 2.15. The van der Waals surface area contributed by atoms with Crippen LogP contribution in [0.1, 0.15) is 18.5 Å². The van der Waals surface area contributed by atoms with Crippen molar-refractivity contribution in [2.75, 3.05) is 25.0 Å². The lowest BCUT2D eigenvalue weighted by Gasteiger charge is -2.25. The molecule has 0 aliphatic carbocycles. The lowest BCUT2D eigenvalue weighted by atomic mass is 10.2. The van der Waals surface area contributed by atoms with Crippen LogP contribution in [-0.4, -0.2) is 36.1 Å². The number of hydrogen-bond acceptors (Lipinski definition) is 4. The molecule has 1 aromatic rings. The van der Waals surface area contributed by atoms with Crippen molar-refractivity contribution in [3.8, 4) is 0 Å². The first kappa shape index (κ1) is 10.4. The highest BCUT2D eigenvalue weighted by Gasteiger charge is 2.24. The van der Waals surface area contributed by atoms with Gasteiger partial charge in [-0.1, -0.05) is 0 Å². The van der Waals surface area contributed by atoms with E-state index < -0.39 is 0 Å². The van der Waals surface area contributed by atoms with Crippen molar-refractivity contribution in [2.24, 2.45) is 0 Å². The van der Waals surface area contributed by atoms with Crippen molar-refractivity contribution < 1.29 is 0 Å². The number of nitrogens with zero attached hydrogens (tertiary/aromatic N) is 3. The van der Waals surface area contributed by atoms with E-state index in [0.29, 0.717) is 6.04 Å². The van der Waals surface area contributed by atoms with Crippen molar-refractivity contribution in [1.29, 1.82) is 0 Å². The van der Waals surface area contributed by atoms with E-state index in [0.717, 1.165) is 24.6 Å². The third-order valence-electron chi connectivity index (χ3n) is 2.85. The van der Waals surface area contributed by atoms with Crippen molar-refractivity contribution in [3.63, 3.8) is 0 Å². The fourth-order valence-electron chi connectivity index (χ4n) is 2.17. The summed E-state index contributed by atoms with van der Waals surface area (Å²) in [7, 11) is 2.00. The summed E-state index contributed by atoms with van der Waals surface area (Å²) in [6.45, 7) is 4.11. The highest BCUT2D eigenvalue weighted by Crippen LogP contribution is 2.22. The van der Waals surface area contributed by atoms with Gasteiger partial charge >= 0.3 is 0 Å². The first-order valence-corrected chi connectivity index (χ1v) is 5.51. The lowest BCUT2D eigenvalue weighted by Crippen LogP contribution is -2.37. The predicted octanol–water partition coefficient (Wildman–Crippen LogP) is 0.973. The van der Waals surface area contributed by atoms with Crippen molar-refractivity contribution >= 4 is 5.82 Å². The zero-order valence-electron chi connectivity index (χ0n) is 9.40. The van der Waals surface area contributed by atoms with Crippen LogP contribution in [-0.2, 0) is 0 Å². The average molecular weight is 206 g/mol. The summed E-state index contributed by atoms with van der Waals surface area (Å²) in [6.07, 6.45) is 6.16. The number of hydrogen-bond donors (Lipinski definition) is 1. The van der Waals surface area contributed by atoms with E-state index in [1.807, 2.05) is 20.2 Å². The minimum absolute atomic E-state index is 0.575. The topological polar surface area (TPSA) is 41.0 Å². The molecule has 1 aromatic heterocycles. The molecule has 1 N–H and O–H groups in total. The van der Waals surface area contributed by atoms with E-state index in [4.69, 9.17) is 0 Å². The lowest BCUT2D eigenvalue weighted by molar-refractivity contribution is 0.610. The molecule has 0 radical (unpaired) electrons. The molecule has 4 heteroatoms. The van der Waals surface area contributed by atoms with E-state index in [-0.39, 0.29) is 0 Å². The van der Waals surface area contributed by atoms with Crippen LogP contribution >= 0.6 is 0 Å². The molecule has 82 valence electrons. The maximum Gasteiger partial charge on any atom is 0.147 e. The Morgan fingerprint density at radius 1 is 1.53 bits per heavy atom. The molecule has 2 rings (SSSR count). The highest BCUT2D eigenvalue weighted by molar-refractivity contribution is 5.39. The second kappa shape index (κ2) is 4.57. The molecule has 1 saturated heterocycles. The number of anilines is 1. The van der Waals surface area contributed by atoms with Gasteiger partial charge in [0.1, 0.15) is 5.82 Å². The normalized spacial score (nSPS) is 20.9. The molecule has 15 heavy (non-hydrogen) atoms. The van der Waals surface area contributed by atoms with Crippen LogP contribution in [0.15, 0.2) is 12.4 Å². The van der Waals surface area contributed by atoms with Gasteiger partial charge in [-0.2, -0.15) is 0 Å². The molecule has 0 bridgehead atoms. The molecule has 1 aliphatic rings. The third kappa shape index (κ3) is 2.26. The van der Waals surface area contributed by atoms with Crippen molar-refractivity contribution in [3.05, 3.63) is 18.1 Å². The molecule has 1 atom stereocenters. The van der Waals surface area contributed by atoms with Crippen LogP contribution in [0.5, 0.6) is 0 Å². The summed E-state index contributed by atoms with van der Waals surface area (Å²) < 4.78 is 0. The Labute approximate surface area is 90.7 Å². The van der Waals surface area contributed by atoms with E-state index in [9.17, 15) is 0 Å². The van der Waals surface area contributed by atoms with Gasteiger partial charge in [0.2, 0.25) is 0 Å². The highest BCUT2D eigenvalue weighted by atomic mass is 15.2. The summed E-state index contributed by atoms with van der Waals surface area (Å²) in [5.74, 6) is 1.02. The largest absolute Gasteiger partial charge is 0.351 e. The fraction of sp³-hybridized carbons (Fsp3) is 0.636. The Morgan fingerprint density at radius 2 is 2.40 bits per heavy atom. The van der Waals surface area contributed by atoms with Gasteiger partial charge in [-0.15, -0.1) is 0 Å². The zero-order valence-corrected chi connectivity index (χ0v) is 9.40. The maximum absolute atomic E-state index is 4.52. The summed E-state index contributed by atoms with van der Waals surface area (Å²) >= 11 is 0. The van der Waals surface area contributed by atoms with E-state index in [1.165, 1.54) is 12.8 Å². The van der Waals surface area contributed by atoms with Gasteiger partial charge in [0.25, 0.3) is 0 Å². The van der Waals surface area contributed by atoms with Gasteiger partial charge in [0.05, 0.1) is 11.9 Å². The Morgan fingerprint density at radius 3 is 3.13 bits per heavy atom. The first-order valence-electron chi connectivity index (χ1n) is 5.51. The molecule has 4 nitrogen and oxygen atoms in total. The van der Waals surface area contributed by atoms with Gasteiger partial charge < -0.3 is 10.2 Å². The summed E-state index contributed by atoms with van der Waals surface area (Å²) in [6, 6.07) is 0.575. The quantitative estimate of drug-likeness (QED) is 0.800. The molecule has 2 heterocycles. The van der Waals surface area contributed by atoms with E-state index >= 15 is 0 Å². The van der Waals surface area contributed by atoms with Gasteiger partial charge in [0, 0.05) is 25.3 Å². The fourth-order valence-corrected chi connectivity index (χ4v) is 2.17. The molecular formula is C11H18N4. The second-order valence-electron chi connectivity index (χ2n) is 4.07. The number of nitrogens with one attached hydrogen (secondary N) is 1. The van der Waals surface area contributed by atoms with Gasteiger partial charge in [-0.25, -0.2) is 4.98 Å². The van der Waals surface area contributed by atoms with Crippen molar-refractivity contribution in [2.45, 2.75) is 25.8 Å². The van der Waals surface area contributed by atoms with Gasteiger partial charge in [-0.3, -0.25) is 4.98 Å². The second-order valence-corrected chi connectivity index (χ2v) is 4.07. The smallest absolute Gasteiger partial charge is 0.147 e. The van der Waals surface area contributed by atoms with E-state index in [2.05, 4.69) is 20.2 Å². The van der Waals surface area contributed by atoms with E-state index in [1.54, 1.807) is 6.20 Å². The molecular weight excluding hydrogens is 188 g/mol. The zero-order chi connectivity index (χ0) is 10.7. The molecule has 1 fully saturated rings. The monoisotopic (exact) mass is 206 g/mol. The molecule has 1 unspecified atom stereocenters. The minimum Gasteiger partial charge on any atom is -0.351 e. The van der Waals surface area contributed by atoms with Gasteiger partial charge in [0.15, 0.2) is 0 Å². The third-order valence-corrected chi connectivity index (χ3v) is 2.85. The molecule has 0 amide bonds. The number of likely N-dealkylation sites (N-methyl/N-ethyl adjacent to an activating group) is 1. The van der Waals surface area contributed by atoms with Crippen LogP contribution in [0.3, 0.4) is 0 Å². The molecule has 1 aliphatic heterocycles. The number of aryl methyl sites for hydroxylation is 1. The predicted molar refractivity (Wildman–Crippen MR) is 61.1 cm³/mol. The molecule has 0 spiro atoms. The summed E-state index contributed by atoms with van der Waals surface area (Å²) in [4.78, 5) is 11.1. The molecule has 0 saturated carbocycles. The van der Waals surface area contributed by atoms with Crippen LogP contribution in [0, 0.1) is 6.92 Å². The maximum atomic E-state index is 4.52. The van der Waals surface area contributed by atoms with Gasteiger partial charge in [-0.05, 0) is 26.8 Å². The Bertz CT molecular complexity index is 326. The summed E-state index contributed by atoms with van der Waals surface area (Å²) in [5.41, 5.74) is 0.989. The van der Waals surface area contributed by atoms with Crippen molar-refractivity contribution in [1.82, 2.24) is 15.3 Å². The average Bonchev–Trinajstić information content (AvgIpc) is 2.66. The molecule has 0 aromatic carbocycles. The number of rotatable bonds is 3. The van der Waals surface area contributed by atoms with Crippen LogP contribution in [0.2, 0.25) is 0 Å². The van der Waals surface area contributed by atoms with Crippen LogP contribution in [0.4, 0.5) is 5.82 Å². The number of aromatic nitrogens is 2. The first-order chi connectivity index (χ1) is 7.31. The SMILES string of the molecule is CNCC1CCCN1c1cncc(C)n1. The van der Waals surface area contributed by atoms with Crippen LogP contribution < -0.4 is 10.2 Å². The van der Waals surface area contributed by atoms with Crippen LogP contribution in [0.25, 0.3) is 0 Å². The summed E-state index contributed by atoms with van der Waals surface area (Å²) in [5, 5.41) is 3.23. The Kier molecular flexibility index (Phi) is 3.16. The minimum atomic E-state index is 0.575.